The predicted octanol–water partition coefficient (Wildman–Crippen LogP) is 4.64. The van der Waals surface area contributed by atoms with Gasteiger partial charge in [0.15, 0.2) is 0 Å². The lowest BCUT2D eigenvalue weighted by Crippen LogP contribution is -2.34. The summed E-state index contributed by atoms with van der Waals surface area (Å²) in [5.41, 5.74) is 2.17. The number of anilines is 1. The molecule has 0 fully saturated rings. The molecule has 0 aliphatic carbocycles. The van der Waals surface area contributed by atoms with Crippen molar-refractivity contribution in [3.05, 3.63) is 102 Å². The number of hydrogen-bond donors (Lipinski definition) is 0. The second-order valence-corrected chi connectivity index (χ2v) is 7.36. The first-order valence-electron chi connectivity index (χ1n) is 10.4. The number of amides is 2. The normalized spacial score (nSPS) is 13.7. The summed E-state index contributed by atoms with van der Waals surface area (Å²) in [7, 11) is 1.75. The van der Waals surface area contributed by atoms with Crippen LogP contribution in [0.3, 0.4) is 0 Å². The number of ether oxygens (including phenoxy) is 1. The van der Waals surface area contributed by atoms with E-state index in [1.807, 2.05) is 37.3 Å². The van der Waals surface area contributed by atoms with Crippen molar-refractivity contribution in [2.45, 2.75) is 13.5 Å². The summed E-state index contributed by atoms with van der Waals surface area (Å²) < 4.78 is 19.8. The molecule has 2 amide bonds. The van der Waals surface area contributed by atoms with Gasteiger partial charge in [-0.3, -0.25) is 14.5 Å². The molecular formula is C26H23FN2O3. The number of likely N-dealkylation sites (N-methyl/N-ethyl adjacent to an activating group) is 1. The lowest BCUT2D eigenvalue weighted by Gasteiger charge is -2.21. The first-order valence-corrected chi connectivity index (χ1v) is 10.4. The van der Waals surface area contributed by atoms with Crippen molar-refractivity contribution in [2.24, 2.45) is 0 Å². The maximum Gasteiger partial charge on any atom is 0.278 e. The molecule has 0 spiro atoms. The largest absolute Gasteiger partial charge is 0.494 e. The quantitative estimate of drug-likeness (QED) is 0.513. The second kappa shape index (κ2) is 9.06. The Morgan fingerprint density at radius 1 is 0.875 bits per heavy atom. The van der Waals surface area contributed by atoms with Crippen molar-refractivity contribution >= 4 is 23.1 Å². The number of carbonyl (C=O) groups excluding carboxylic acids is 2. The van der Waals surface area contributed by atoms with Crippen LogP contribution in [-0.2, 0) is 16.1 Å². The molecule has 0 bridgehead atoms. The lowest BCUT2D eigenvalue weighted by molar-refractivity contribution is -0.137. The molecule has 1 aliphatic rings. The Labute approximate surface area is 186 Å². The summed E-state index contributed by atoms with van der Waals surface area (Å²) in [4.78, 5) is 29.7. The zero-order chi connectivity index (χ0) is 22.7. The molecule has 3 aromatic carbocycles. The molecule has 5 nitrogen and oxygen atoms in total. The zero-order valence-electron chi connectivity index (χ0n) is 17.9. The number of halogens is 1. The molecule has 0 N–H and O–H groups in total. The Bertz CT molecular complexity index is 1170. The van der Waals surface area contributed by atoms with E-state index in [9.17, 15) is 14.0 Å². The molecule has 0 unspecified atom stereocenters. The Kier molecular flexibility index (Phi) is 6.03. The molecular weight excluding hydrogens is 407 g/mol. The number of carbonyl (C=O) groups is 2. The summed E-state index contributed by atoms with van der Waals surface area (Å²) in [6.45, 7) is 2.28. The minimum atomic E-state index is -0.464. The van der Waals surface area contributed by atoms with Gasteiger partial charge in [0.05, 0.1) is 18.7 Å². The van der Waals surface area contributed by atoms with Gasteiger partial charge in [-0.2, -0.15) is 0 Å². The van der Waals surface area contributed by atoms with Crippen LogP contribution in [-0.4, -0.2) is 30.4 Å². The van der Waals surface area contributed by atoms with Crippen LogP contribution < -0.4 is 9.64 Å². The SMILES string of the molecule is CCOc1ccc(C2=C(N(C)c3ccccc3)C(=O)N(Cc3ccccc3F)C2=O)cc1. The van der Waals surface area contributed by atoms with E-state index in [1.165, 1.54) is 6.07 Å². The lowest BCUT2D eigenvalue weighted by atomic mass is 10.0. The standard InChI is InChI=1S/C26H23FN2O3/c1-3-32-21-15-13-18(14-16-21)23-24(28(2)20-10-5-4-6-11-20)26(31)29(25(23)30)17-19-9-7-8-12-22(19)27/h4-16H,3,17H2,1-2H3. The Morgan fingerprint density at radius 3 is 2.19 bits per heavy atom. The van der Waals surface area contributed by atoms with Crippen LogP contribution in [0.2, 0.25) is 0 Å². The predicted molar refractivity (Wildman–Crippen MR) is 121 cm³/mol. The molecule has 0 radical (unpaired) electrons. The molecule has 162 valence electrons. The molecule has 6 heteroatoms. The van der Waals surface area contributed by atoms with E-state index in [0.717, 1.165) is 10.6 Å². The van der Waals surface area contributed by atoms with Crippen LogP contribution in [0.15, 0.2) is 84.6 Å². The van der Waals surface area contributed by atoms with Crippen molar-refractivity contribution < 1.29 is 18.7 Å². The third-order valence-corrected chi connectivity index (χ3v) is 5.36. The summed E-state index contributed by atoms with van der Waals surface area (Å²) in [6, 6.07) is 22.5. The van der Waals surface area contributed by atoms with Gasteiger partial charge in [0.2, 0.25) is 0 Å². The highest BCUT2D eigenvalue weighted by Gasteiger charge is 2.41. The van der Waals surface area contributed by atoms with Crippen LogP contribution in [0.25, 0.3) is 5.57 Å². The maximum atomic E-state index is 14.3. The maximum absolute atomic E-state index is 14.3. The van der Waals surface area contributed by atoms with E-state index in [2.05, 4.69) is 0 Å². The second-order valence-electron chi connectivity index (χ2n) is 7.36. The monoisotopic (exact) mass is 430 g/mol. The molecule has 4 rings (SSSR count). The van der Waals surface area contributed by atoms with Crippen molar-refractivity contribution in [1.82, 2.24) is 4.90 Å². The summed E-state index contributed by atoms with van der Waals surface area (Å²) >= 11 is 0. The highest BCUT2D eigenvalue weighted by atomic mass is 19.1. The van der Waals surface area contributed by atoms with Crippen LogP contribution in [0.4, 0.5) is 10.1 Å². The average Bonchev–Trinajstić information content (AvgIpc) is 3.06. The summed E-state index contributed by atoms with van der Waals surface area (Å²) in [6.07, 6.45) is 0. The fourth-order valence-electron chi connectivity index (χ4n) is 3.74. The number of rotatable bonds is 7. The fraction of sp³-hybridized carbons (Fsp3) is 0.154. The van der Waals surface area contributed by atoms with Gasteiger partial charge in [0.25, 0.3) is 11.8 Å². The molecule has 0 saturated carbocycles. The number of para-hydroxylation sites is 1. The Morgan fingerprint density at radius 2 is 1.53 bits per heavy atom. The van der Waals surface area contributed by atoms with E-state index in [4.69, 9.17) is 4.74 Å². The van der Waals surface area contributed by atoms with Crippen LogP contribution >= 0.6 is 0 Å². The molecule has 3 aromatic rings. The fourth-order valence-corrected chi connectivity index (χ4v) is 3.74. The van der Waals surface area contributed by atoms with Crippen LogP contribution in [0.1, 0.15) is 18.1 Å². The smallest absolute Gasteiger partial charge is 0.278 e. The number of hydrogen-bond acceptors (Lipinski definition) is 4. The third kappa shape index (κ3) is 3.99. The first kappa shape index (κ1) is 21.3. The minimum absolute atomic E-state index is 0.142. The Balaban J connectivity index is 1.78. The summed E-state index contributed by atoms with van der Waals surface area (Å²) in [5, 5.41) is 0. The van der Waals surface area contributed by atoms with Gasteiger partial charge in [-0.15, -0.1) is 0 Å². The van der Waals surface area contributed by atoms with Gasteiger partial charge in [-0.1, -0.05) is 48.5 Å². The van der Waals surface area contributed by atoms with Crippen molar-refractivity contribution in [3.63, 3.8) is 0 Å². The van der Waals surface area contributed by atoms with Crippen molar-refractivity contribution in [2.75, 3.05) is 18.6 Å². The number of nitrogens with zero attached hydrogens (tertiary/aromatic N) is 2. The van der Waals surface area contributed by atoms with Gasteiger partial charge < -0.3 is 9.64 Å². The average molecular weight is 430 g/mol. The van der Waals surface area contributed by atoms with E-state index in [-0.39, 0.29) is 23.4 Å². The van der Waals surface area contributed by atoms with E-state index in [1.54, 1.807) is 54.4 Å². The van der Waals surface area contributed by atoms with Crippen LogP contribution in [0.5, 0.6) is 5.75 Å². The van der Waals surface area contributed by atoms with Gasteiger partial charge >= 0.3 is 0 Å². The first-order chi connectivity index (χ1) is 15.5. The molecule has 0 saturated heterocycles. The highest BCUT2D eigenvalue weighted by Crippen LogP contribution is 2.35. The third-order valence-electron chi connectivity index (χ3n) is 5.36. The zero-order valence-corrected chi connectivity index (χ0v) is 17.9. The Hall–Kier alpha value is -3.93. The molecule has 0 atom stereocenters. The van der Waals surface area contributed by atoms with Crippen LogP contribution in [0, 0.1) is 5.82 Å². The van der Waals surface area contributed by atoms with E-state index < -0.39 is 17.6 Å². The number of benzene rings is 3. The molecule has 1 heterocycles. The minimum Gasteiger partial charge on any atom is -0.494 e. The molecule has 0 aromatic heterocycles. The van der Waals surface area contributed by atoms with Gasteiger partial charge in [0, 0.05) is 18.3 Å². The van der Waals surface area contributed by atoms with Gasteiger partial charge in [-0.05, 0) is 42.8 Å². The highest BCUT2D eigenvalue weighted by molar-refractivity contribution is 6.36. The molecule has 1 aliphatic heterocycles. The number of imide groups is 1. The topological polar surface area (TPSA) is 49.9 Å². The van der Waals surface area contributed by atoms with Gasteiger partial charge in [0.1, 0.15) is 17.3 Å². The summed E-state index contributed by atoms with van der Waals surface area (Å²) in [5.74, 6) is -0.705. The van der Waals surface area contributed by atoms with Crippen molar-refractivity contribution in [1.29, 1.82) is 0 Å². The van der Waals surface area contributed by atoms with Gasteiger partial charge in [-0.25, -0.2) is 4.39 Å². The molecule has 32 heavy (non-hydrogen) atoms. The van der Waals surface area contributed by atoms with Crippen molar-refractivity contribution in [3.8, 4) is 5.75 Å². The van der Waals surface area contributed by atoms with E-state index in [0.29, 0.717) is 17.9 Å². The van der Waals surface area contributed by atoms with E-state index >= 15 is 0 Å².